The maximum Gasteiger partial charge on any atom is 0.416 e. The minimum Gasteiger partial charge on any atom is -0.342 e. The number of hydrogen-bond donors (Lipinski definition) is 1. The molecule has 4 nitrogen and oxygen atoms in total. The van der Waals surface area contributed by atoms with Gasteiger partial charge in [0.25, 0.3) is 0 Å². The van der Waals surface area contributed by atoms with E-state index in [4.69, 9.17) is 0 Å². The molecule has 1 atom stereocenters. The van der Waals surface area contributed by atoms with Crippen molar-refractivity contribution in [1.82, 2.24) is 4.90 Å². The van der Waals surface area contributed by atoms with Gasteiger partial charge in [0, 0.05) is 18.8 Å². The number of alkyl halides is 3. The fourth-order valence-corrected chi connectivity index (χ4v) is 3.33. The highest BCUT2D eigenvalue weighted by molar-refractivity contribution is 5.93. The van der Waals surface area contributed by atoms with Crippen molar-refractivity contribution in [3.05, 3.63) is 65.7 Å². The van der Waals surface area contributed by atoms with E-state index in [1.54, 1.807) is 17.0 Å². The number of piperidine rings is 1. The number of hydrogen-bond acceptors (Lipinski definition) is 2. The predicted molar refractivity (Wildman–Crippen MR) is 99.5 cm³/mol. The van der Waals surface area contributed by atoms with E-state index in [-0.39, 0.29) is 30.7 Å². The van der Waals surface area contributed by atoms with E-state index in [1.165, 1.54) is 12.1 Å². The molecular formula is C21H21F3N2O2. The standard InChI is InChI=1S/C21H21F3N2O2/c22-21(23,24)17-8-4-6-15(12-17)13-19(27)26-11-5-7-16(14-26)20(28)25-18-9-2-1-3-10-18/h1-4,6,8-10,12,16H,5,7,11,13-14H2,(H,25,28). The van der Waals surface area contributed by atoms with Crippen molar-refractivity contribution in [3.8, 4) is 0 Å². The molecule has 0 bridgehead atoms. The number of nitrogens with zero attached hydrogens (tertiary/aromatic N) is 1. The predicted octanol–water partition coefficient (Wildman–Crippen LogP) is 4.13. The number of carbonyl (C=O) groups excluding carboxylic acids is 2. The van der Waals surface area contributed by atoms with Gasteiger partial charge in [0.1, 0.15) is 0 Å². The summed E-state index contributed by atoms with van der Waals surface area (Å²) in [6.07, 6.45) is -3.20. The first-order chi connectivity index (χ1) is 13.3. The number of anilines is 1. The number of carbonyl (C=O) groups is 2. The average Bonchev–Trinajstić information content (AvgIpc) is 2.68. The van der Waals surface area contributed by atoms with Crippen LogP contribution in [0.5, 0.6) is 0 Å². The van der Waals surface area contributed by atoms with Crippen LogP contribution in [-0.4, -0.2) is 29.8 Å². The van der Waals surface area contributed by atoms with Gasteiger partial charge in [-0.1, -0.05) is 36.4 Å². The van der Waals surface area contributed by atoms with Crippen molar-refractivity contribution in [2.24, 2.45) is 5.92 Å². The normalized spacial score (nSPS) is 17.2. The molecule has 0 aromatic heterocycles. The quantitative estimate of drug-likeness (QED) is 0.854. The van der Waals surface area contributed by atoms with Crippen molar-refractivity contribution in [2.45, 2.75) is 25.4 Å². The highest BCUT2D eigenvalue weighted by Crippen LogP contribution is 2.30. The Hall–Kier alpha value is -2.83. The fraction of sp³-hybridized carbons (Fsp3) is 0.333. The third kappa shape index (κ3) is 5.12. The zero-order valence-corrected chi connectivity index (χ0v) is 15.2. The van der Waals surface area contributed by atoms with Crippen molar-refractivity contribution >= 4 is 17.5 Å². The van der Waals surface area contributed by atoms with E-state index in [9.17, 15) is 22.8 Å². The molecule has 0 aliphatic carbocycles. The maximum atomic E-state index is 12.8. The third-order valence-corrected chi connectivity index (χ3v) is 4.80. The van der Waals surface area contributed by atoms with E-state index in [0.717, 1.165) is 12.1 Å². The Balaban J connectivity index is 1.61. The fourth-order valence-electron chi connectivity index (χ4n) is 3.33. The summed E-state index contributed by atoms with van der Waals surface area (Å²) in [4.78, 5) is 26.6. The molecule has 1 fully saturated rings. The summed E-state index contributed by atoms with van der Waals surface area (Å²) in [5, 5.41) is 2.84. The lowest BCUT2D eigenvalue weighted by atomic mass is 9.96. The highest BCUT2D eigenvalue weighted by Gasteiger charge is 2.31. The zero-order valence-electron chi connectivity index (χ0n) is 15.2. The monoisotopic (exact) mass is 390 g/mol. The molecule has 1 heterocycles. The number of nitrogens with one attached hydrogen (secondary N) is 1. The molecule has 0 spiro atoms. The second-order valence-corrected chi connectivity index (χ2v) is 6.91. The lowest BCUT2D eigenvalue weighted by Gasteiger charge is -2.32. The molecule has 1 N–H and O–H groups in total. The number of likely N-dealkylation sites (tertiary alicyclic amines) is 1. The van der Waals surface area contributed by atoms with Gasteiger partial charge in [-0.3, -0.25) is 9.59 Å². The van der Waals surface area contributed by atoms with Crippen molar-refractivity contribution in [2.75, 3.05) is 18.4 Å². The second-order valence-electron chi connectivity index (χ2n) is 6.91. The Morgan fingerprint density at radius 1 is 1.07 bits per heavy atom. The first-order valence-electron chi connectivity index (χ1n) is 9.13. The molecule has 2 amide bonds. The van der Waals surface area contributed by atoms with Gasteiger partial charge in [0.2, 0.25) is 11.8 Å². The van der Waals surface area contributed by atoms with Crippen LogP contribution < -0.4 is 5.32 Å². The summed E-state index contributed by atoms with van der Waals surface area (Å²) >= 11 is 0. The van der Waals surface area contributed by atoms with Gasteiger partial charge in [-0.05, 0) is 36.6 Å². The minimum absolute atomic E-state index is 0.114. The Labute approximate surface area is 161 Å². The summed E-state index contributed by atoms with van der Waals surface area (Å²) in [5.74, 6) is -0.751. The Morgan fingerprint density at radius 2 is 1.82 bits per heavy atom. The van der Waals surface area contributed by atoms with Crippen molar-refractivity contribution in [1.29, 1.82) is 0 Å². The smallest absolute Gasteiger partial charge is 0.342 e. The van der Waals surface area contributed by atoms with Gasteiger partial charge in [-0.2, -0.15) is 13.2 Å². The molecule has 7 heteroatoms. The molecule has 1 aliphatic rings. The van der Waals surface area contributed by atoms with Gasteiger partial charge >= 0.3 is 6.18 Å². The number of amides is 2. The summed E-state index contributed by atoms with van der Waals surface area (Å²) in [7, 11) is 0. The maximum absolute atomic E-state index is 12.8. The van der Waals surface area contributed by atoms with Crippen LogP contribution in [0.2, 0.25) is 0 Å². The molecular weight excluding hydrogens is 369 g/mol. The molecule has 0 saturated carbocycles. The largest absolute Gasteiger partial charge is 0.416 e. The summed E-state index contributed by atoms with van der Waals surface area (Å²) in [6.45, 7) is 0.781. The summed E-state index contributed by atoms with van der Waals surface area (Å²) in [6, 6.07) is 13.9. The van der Waals surface area contributed by atoms with Crippen LogP contribution >= 0.6 is 0 Å². The van der Waals surface area contributed by atoms with Crippen LogP contribution in [0.1, 0.15) is 24.0 Å². The highest BCUT2D eigenvalue weighted by atomic mass is 19.4. The third-order valence-electron chi connectivity index (χ3n) is 4.80. The van der Waals surface area contributed by atoms with Gasteiger partial charge < -0.3 is 10.2 Å². The molecule has 2 aromatic carbocycles. The summed E-state index contributed by atoms with van der Waals surface area (Å²) < 4.78 is 38.5. The minimum atomic E-state index is -4.44. The molecule has 148 valence electrons. The van der Waals surface area contributed by atoms with Gasteiger partial charge in [0.15, 0.2) is 0 Å². The van der Waals surface area contributed by atoms with E-state index in [1.807, 2.05) is 18.2 Å². The molecule has 0 radical (unpaired) electrons. The average molecular weight is 390 g/mol. The number of para-hydroxylation sites is 1. The van der Waals surface area contributed by atoms with Gasteiger partial charge in [-0.15, -0.1) is 0 Å². The van der Waals surface area contributed by atoms with E-state index >= 15 is 0 Å². The molecule has 2 aromatic rings. The molecule has 1 saturated heterocycles. The van der Waals surface area contributed by atoms with E-state index < -0.39 is 11.7 Å². The van der Waals surface area contributed by atoms with Crippen LogP contribution in [-0.2, 0) is 22.2 Å². The topological polar surface area (TPSA) is 49.4 Å². The lowest BCUT2D eigenvalue weighted by Crippen LogP contribution is -2.44. The van der Waals surface area contributed by atoms with Crippen LogP contribution in [0.4, 0.5) is 18.9 Å². The van der Waals surface area contributed by atoms with Gasteiger partial charge in [0.05, 0.1) is 17.9 Å². The Kier molecular flexibility index (Phi) is 6.02. The van der Waals surface area contributed by atoms with Crippen LogP contribution in [0.25, 0.3) is 0 Å². The lowest BCUT2D eigenvalue weighted by molar-refractivity contribution is -0.138. The number of benzene rings is 2. The van der Waals surface area contributed by atoms with E-state index in [0.29, 0.717) is 30.6 Å². The Bertz CT molecular complexity index is 837. The molecule has 1 unspecified atom stereocenters. The SMILES string of the molecule is O=C(Nc1ccccc1)C1CCCN(C(=O)Cc2cccc(C(F)(F)F)c2)C1. The second kappa shape index (κ2) is 8.46. The van der Waals surface area contributed by atoms with Crippen molar-refractivity contribution < 1.29 is 22.8 Å². The molecule has 28 heavy (non-hydrogen) atoms. The summed E-state index contributed by atoms with van der Waals surface area (Å²) in [5.41, 5.74) is 0.243. The first-order valence-corrected chi connectivity index (χ1v) is 9.13. The van der Waals surface area contributed by atoms with Gasteiger partial charge in [-0.25, -0.2) is 0 Å². The first kappa shape index (κ1) is 19.9. The Morgan fingerprint density at radius 3 is 2.54 bits per heavy atom. The van der Waals surface area contributed by atoms with Crippen LogP contribution in [0, 0.1) is 5.92 Å². The van der Waals surface area contributed by atoms with Crippen molar-refractivity contribution in [3.63, 3.8) is 0 Å². The van der Waals surface area contributed by atoms with E-state index in [2.05, 4.69) is 5.32 Å². The zero-order chi connectivity index (χ0) is 20.1. The van der Waals surface area contributed by atoms with Crippen LogP contribution in [0.3, 0.4) is 0 Å². The number of halogens is 3. The molecule has 1 aliphatic heterocycles. The molecule has 3 rings (SSSR count). The van der Waals surface area contributed by atoms with Crippen LogP contribution in [0.15, 0.2) is 54.6 Å². The number of rotatable bonds is 4.